The lowest BCUT2D eigenvalue weighted by atomic mass is 10.2. The van der Waals surface area contributed by atoms with Crippen molar-refractivity contribution in [3.05, 3.63) is 75.4 Å². The summed E-state index contributed by atoms with van der Waals surface area (Å²) in [6, 6.07) is 14.3. The Morgan fingerprint density at radius 2 is 1.84 bits per heavy atom. The van der Waals surface area contributed by atoms with Crippen molar-refractivity contribution < 1.29 is 9.21 Å². The maximum absolute atomic E-state index is 12.2. The normalized spacial score (nSPS) is 11.2. The molecule has 5 nitrogen and oxygen atoms in total. The molecular formula is C21H12Cl3N3O2S2. The number of anilines is 1. The Morgan fingerprint density at radius 3 is 2.65 bits per heavy atom. The van der Waals surface area contributed by atoms with E-state index < -0.39 is 5.91 Å². The van der Waals surface area contributed by atoms with Gasteiger partial charge in [-0.25, -0.2) is 4.98 Å². The highest BCUT2D eigenvalue weighted by Gasteiger charge is 2.11. The first-order valence-electron chi connectivity index (χ1n) is 8.80. The Hall–Kier alpha value is -2.42. The highest BCUT2D eigenvalue weighted by Crippen LogP contribution is 2.34. The molecule has 0 bridgehead atoms. The Balaban J connectivity index is 1.38. The van der Waals surface area contributed by atoms with Gasteiger partial charge in [-0.15, -0.1) is 0 Å². The van der Waals surface area contributed by atoms with Crippen LogP contribution in [-0.4, -0.2) is 16.0 Å². The fraction of sp³-hybridized carbons (Fsp3) is 0. The van der Waals surface area contributed by atoms with Crippen LogP contribution in [0.1, 0.15) is 5.76 Å². The number of carbonyl (C=O) groups excluding carboxylic acids is 1. The van der Waals surface area contributed by atoms with E-state index in [-0.39, 0.29) is 5.11 Å². The van der Waals surface area contributed by atoms with E-state index in [1.165, 1.54) is 23.5 Å². The van der Waals surface area contributed by atoms with E-state index >= 15 is 0 Å². The maximum Gasteiger partial charge on any atom is 0.250 e. The molecule has 156 valence electrons. The summed E-state index contributed by atoms with van der Waals surface area (Å²) >= 11 is 24.9. The summed E-state index contributed by atoms with van der Waals surface area (Å²) < 4.78 is 6.64. The lowest BCUT2D eigenvalue weighted by Gasteiger charge is -2.04. The van der Waals surface area contributed by atoms with Crippen molar-refractivity contribution in [2.75, 3.05) is 5.32 Å². The molecule has 4 rings (SSSR count). The third-order valence-corrected chi connectivity index (χ3v) is 6.33. The minimum atomic E-state index is -0.421. The molecule has 2 N–H and O–H groups in total. The number of furan rings is 1. The van der Waals surface area contributed by atoms with Gasteiger partial charge in [0.05, 0.1) is 19.8 Å². The van der Waals surface area contributed by atoms with E-state index in [0.29, 0.717) is 42.8 Å². The number of benzene rings is 2. The average molecular weight is 509 g/mol. The Kier molecular flexibility index (Phi) is 6.60. The molecule has 0 fully saturated rings. The average Bonchev–Trinajstić information content (AvgIpc) is 3.36. The molecule has 0 radical (unpaired) electrons. The van der Waals surface area contributed by atoms with Gasteiger partial charge < -0.3 is 9.73 Å². The molecule has 4 aromatic rings. The monoisotopic (exact) mass is 507 g/mol. The predicted molar refractivity (Wildman–Crippen MR) is 132 cm³/mol. The van der Waals surface area contributed by atoms with Crippen LogP contribution in [0, 0.1) is 0 Å². The SMILES string of the molecule is O=C(C=Cc1ccc(-c2cccc(Cl)c2Cl)o1)NC(=S)Nc1nc2c(Cl)cccc2s1. The van der Waals surface area contributed by atoms with Crippen LogP contribution in [-0.2, 0) is 4.79 Å². The fourth-order valence-corrected chi connectivity index (χ4v) is 4.51. The predicted octanol–water partition coefficient (Wildman–Crippen LogP) is 7.04. The van der Waals surface area contributed by atoms with E-state index in [4.69, 9.17) is 51.4 Å². The van der Waals surface area contributed by atoms with E-state index in [1.54, 1.807) is 36.4 Å². The molecule has 0 aliphatic rings. The highest BCUT2D eigenvalue weighted by atomic mass is 35.5. The molecule has 0 saturated carbocycles. The van der Waals surface area contributed by atoms with Gasteiger partial charge in [-0.05, 0) is 54.7 Å². The minimum Gasteiger partial charge on any atom is -0.457 e. The summed E-state index contributed by atoms with van der Waals surface area (Å²) in [6.45, 7) is 0. The van der Waals surface area contributed by atoms with Crippen molar-refractivity contribution in [1.29, 1.82) is 0 Å². The van der Waals surface area contributed by atoms with E-state index in [2.05, 4.69) is 15.6 Å². The third kappa shape index (κ3) is 5.08. The maximum atomic E-state index is 12.2. The fourth-order valence-electron chi connectivity index (χ4n) is 2.69. The molecule has 2 heterocycles. The summed E-state index contributed by atoms with van der Waals surface area (Å²) in [4.78, 5) is 16.6. The molecular weight excluding hydrogens is 497 g/mol. The number of hydrogen-bond donors (Lipinski definition) is 2. The van der Waals surface area contributed by atoms with E-state index in [9.17, 15) is 4.79 Å². The number of thiocarbonyl (C=S) groups is 1. The van der Waals surface area contributed by atoms with Crippen molar-refractivity contribution in [2.24, 2.45) is 0 Å². The largest absolute Gasteiger partial charge is 0.457 e. The molecule has 0 unspecified atom stereocenters. The van der Waals surface area contributed by atoms with Gasteiger partial charge in [0.25, 0.3) is 0 Å². The molecule has 2 aromatic heterocycles. The van der Waals surface area contributed by atoms with Gasteiger partial charge in [0.1, 0.15) is 17.0 Å². The number of hydrogen-bond acceptors (Lipinski definition) is 5. The molecule has 0 atom stereocenters. The Labute approximate surface area is 201 Å². The number of nitrogens with one attached hydrogen (secondary N) is 2. The van der Waals surface area contributed by atoms with Crippen LogP contribution < -0.4 is 10.6 Å². The number of para-hydroxylation sites is 1. The molecule has 2 aromatic carbocycles. The Bertz CT molecular complexity index is 1330. The van der Waals surface area contributed by atoms with Crippen LogP contribution in [0.25, 0.3) is 27.6 Å². The van der Waals surface area contributed by atoms with Gasteiger partial charge in [0.2, 0.25) is 5.91 Å². The first kappa shape index (κ1) is 21.8. The third-order valence-electron chi connectivity index (χ3n) is 4.07. The minimum absolute atomic E-state index is 0.121. The van der Waals surface area contributed by atoms with Gasteiger partial charge in [-0.1, -0.05) is 58.3 Å². The summed E-state index contributed by atoms with van der Waals surface area (Å²) in [6.07, 6.45) is 2.84. The second kappa shape index (κ2) is 9.38. The number of amides is 1. The van der Waals surface area contributed by atoms with Crippen LogP contribution in [0.15, 0.2) is 59.0 Å². The van der Waals surface area contributed by atoms with Crippen LogP contribution >= 0.6 is 58.4 Å². The summed E-state index contributed by atoms with van der Waals surface area (Å²) in [7, 11) is 0. The summed E-state index contributed by atoms with van der Waals surface area (Å²) in [5, 5.41) is 7.49. The zero-order valence-corrected chi connectivity index (χ0v) is 19.4. The van der Waals surface area contributed by atoms with Crippen LogP contribution in [0.3, 0.4) is 0 Å². The lowest BCUT2D eigenvalue weighted by Crippen LogP contribution is -2.32. The highest BCUT2D eigenvalue weighted by molar-refractivity contribution is 7.80. The number of nitrogens with zero attached hydrogens (tertiary/aromatic N) is 1. The van der Waals surface area contributed by atoms with Crippen molar-refractivity contribution in [3.8, 4) is 11.3 Å². The topological polar surface area (TPSA) is 67.2 Å². The van der Waals surface area contributed by atoms with Crippen LogP contribution in [0.4, 0.5) is 5.13 Å². The van der Waals surface area contributed by atoms with Crippen molar-refractivity contribution in [2.45, 2.75) is 0 Å². The zero-order chi connectivity index (χ0) is 22.0. The first-order valence-corrected chi connectivity index (χ1v) is 11.2. The van der Waals surface area contributed by atoms with Crippen LogP contribution in [0.2, 0.25) is 15.1 Å². The molecule has 31 heavy (non-hydrogen) atoms. The lowest BCUT2D eigenvalue weighted by molar-refractivity contribution is -0.115. The van der Waals surface area contributed by atoms with Gasteiger partial charge in [0, 0.05) is 11.6 Å². The molecule has 0 spiro atoms. The van der Waals surface area contributed by atoms with E-state index in [1.807, 2.05) is 12.1 Å². The van der Waals surface area contributed by atoms with E-state index in [0.717, 1.165) is 4.70 Å². The van der Waals surface area contributed by atoms with Gasteiger partial charge in [-0.2, -0.15) is 0 Å². The number of thiazole rings is 1. The van der Waals surface area contributed by atoms with Crippen molar-refractivity contribution in [3.63, 3.8) is 0 Å². The molecule has 0 saturated heterocycles. The number of carbonyl (C=O) groups is 1. The number of fused-ring (bicyclic) bond motifs is 1. The quantitative estimate of drug-likeness (QED) is 0.228. The number of halogens is 3. The molecule has 10 heteroatoms. The van der Waals surface area contributed by atoms with Crippen molar-refractivity contribution in [1.82, 2.24) is 10.3 Å². The summed E-state index contributed by atoms with van der Waals surface area (Å²) in [5.41, 5.74) is 1.35. The number of aromatic nitrogens is 1. The van der Waals surface area contributed by atoms with Crippen LogP contribution in [0.5, 0.6) is 0 Å². The summed E-state index contributed by atoms with van der Waals surface area (Å²) in [5.74, 6) is 0.593. The standard InChI is InChI=1S/C21H12Cl3N3O2S2/c22-13-4-1-3-12(18(13)24)15-9-7-11(29-15)8-10-17(28)25-20(30)27-21-26-19-14(23)5-2-6-16(19)31-21/h1-10H,(H2,25,26,27,28,30). The second-order valence-corrected chi connectivity index (χ2v) is 8.82. The zero-order valence-electron chi connectivity index (χ0n) is 15.5. The first-order chi connectivity index (χ1) is 14.9. The Morgan fingerprint density at radius 1 is 1.06 bits per heavy atom. The molecule has 0 aliphatic heterocycles. The number of rotatable bonds is 4. The van der Waals surface area contributed by atoms with Gasteiger partial charge in [-0.3, -0.25) is 10.1 Å². The smallest absolute Gasteiger partial charge is 0.250 e. The van der Waals surface area contributed by atoms with Gasteiger partial charge >= 0.3 is 0 Å². The molecule has 0 aliphatic carbocycles. The van der Waals surface area contributed by atoms with Gasteiger partial charge in [0.15, 0.2) is 10.2 Å². The molecule has 1 amide bonds. The second-order valence-electron chi connectivity index (χ2n) is 6.19. The van der Waals surface area contributed by atoms with Crippen molar-refractivity contribution >= 4 is 90.8 Å².